The van der Waals surface area contributed by atoms with Gasteiger partial charge in [0.1, 0.15) is 5.58 Å². The minimum atomic E-state index is -2.41. The summed E-state index contributed by atoms with van der Waals surface area (Å²) in [5.41, 5.74) is 25.3. The summed E-state index contributed by atoms with van der Waals surface area (Å²) in [4.78, 5) is 7.43. The van der Waals surface area contributed by atoms with Crippen LogP contribution in [0.1, 0.15) is 190 Å². The van der Waals surface area contributed by atoms with Crippen LogP contribution in [-0.2, 0) is 37.9 Å². The topological polar surface area (TPSA) is 22.9 Å². The first kappa shape index (κ1) is 50.1. The number of anilines is 9. The van der Waals surface area contributed by atoms with Crippen LogP contribution in [0.25, 0.3) is 22.1 Å². The summed E-state index contributed by atoms with van der Waals surface area (Å²) in [5, 5.41) is 1.15. The van der Waals surface area contributed by atoms with Crippen LogP contribution in [0, 0.1) is 6.85 Å². The number of hydrogen-bond acceptors (Lipinski definition) is 4. The Bertz CT molecular complexity index is 4320. The average Bonchev–Trinajstić information content (AvgIpc) is 1.68. The van der Waals surface area contributed by atoms with E-state index in [0.29, 0.717) is 11.3 Å². The minimum Gasteiger partial charge on any atom is -0.468 e. The Balaban J connectivity index is 1.14. The van der Waals surface area contributed by atoms with Crippen LogP contribution in [0.2, 0.25) is 0 Å². The molecule has 0 N–H and O–H groups in total. The second-order valence-electron chi connectivity index (χ2n) is 30.6. The zero-order valence-electron chi connectivity index (χ0n) is 55.0. The van der Waals surface area contributed by atoms with Gasteiger partial charge in [0.05, 0.1) is 22.7 Å². The molecule has 1 aromatic heterocycles. The maximum Gasteiger partial charge on any atom is 0.297 e. The summed E-state index contributed by atoms with van der Waals surface area (Å²) in [5.74, 6) is 0. The Labute approximate surface area is 505 Å². The number of nitrogens with zero attached hydrogens (tertiary/aromatic N) is 3. The van der Waals surface area contributed by atoms with E-state index in [2.05, 4.69) is 232 Å². The van der Waals surface area contributed by atoms with Gasteiger partial charge in [-0.05, 0) is 230 Å². The lowest BCUT2D eigenvalue weighted by Crippen LogP contribution is -2.61. The number of aryl methyl sites for hydroxylation is 1. The zero-order valence-corrected chi connectivity index (χ0v) is 52.0. The Morgan fingerprint density at radius 3 is 1.70 bits per heavy atom. The molecule has 2 aliphatic heterocycles. The summed E-state index contributed by atoms with van der Waals surface area (Å²) in [6, 6.07) is 58.7. The summed E-state index contributed by atoms with van der Waals surface area (Å²) in [6.07, 6.45) is 9.08. The largest absolute Gasteiger partial charge is 0.468 e. The molecule has 5 heteroatoms. The standard InChI is InChI=1S/C79H84BN3O/c1-49-23-21-22-28-64(49)81(52-26-19-16-20-27-52)54-43-67-70-68(44-54)83(65-32-29-51(73(2,3)4)41-55(65)50-24-17-15-18-25-50)66-47-60-59(76(9,10)35-36-77(60,11)12)46-63(66)80(70)72-71(82(67)53-30-31-57-58(42-53)75(7,8)34-33-74(57,5)6)56-45-61-62(48-69(56)84-72)79(14)39-37-78(61,13)38-40-79/h15-32,41-48H,33-40H2,1-14H3/i1D3. The Morgan fingerprint density at radius 1 is 0.488 bits per heavy atom. The van der Waals surface area contributed by atoms with E-state index in [1.54, 1.807) is 6.07 Å². The van der Waals surface area contributed by atoms with Crippen LogP contribution < -0.4 is 31.3 Å². The maximum atomic E-state index is 9.15. The van der Waals surface area contributed by atoms with Crippen molar-refractivity contribution in [3.8, 4) is 11.1 Å². The van der Waals surface area contributed by atoms with E-state index in [1.807, 2.05) is 24.3 Å². The van der Waals surface area contributed by atoms with Gasteiger partial charge in [-0.3, -0.25) is 0 Å². The molecule has 0 radical (unpaired) electrons. The lowest BCUT2D eigenvalue weighted by atomic mass is 9.35. The predicted octanol–water partition coefficient (Wildman–Crippen LogP) is 20.1. The molecule has 5 aliphatic carbocycles. The van der Waals surface area contributed by atoms with E-state index in [-0.39, 0.29) is 44.6 Å². The van der Waals surface area contributed by atoms with Crippen LogP contribution >= 0.6 is 0 Å². The number of rotatable bonds is 6. The molecule has 16 rings (SSSR count). The minimum absolute atomic E-state index is 0.00389. The second kappa shape index (κ2) is 17.9. The highest BCUT2D eigenvalue weighted by Crippen LogP contribution is 2.60. The van der Waals surface area contributed by atoms with Crippen molar-refractivity contribution >= 4 is 85.5 Å². The lowest BCUT2D eigenvalue weighted by molar-refractivity contribution is 0.188. The molecule has 0 amide bonds. The molecule has 424 valence electrons. The van der Waals surface area contributed by atoms with Gasteiger partial charge in [0.25, 0.3) is 6.71 Å². The van der Waals surface area contributed by atoms with Crippen LogP contribution in [0.3, 0.4) is 0 Å². The SMILES string of the molecule is [2H]C([2H])([2H])c1ccccc1N(c1ccccc1)c1cc2c3c(c1)N(c1ccc4c(c1)C(C)(C)CCC4(C)C)c1c(oc4cc5c(cc14)C1(C)CCC5(C)CC1)B3c1cc3c(cc1N2c1ccc(C(C)(C)C)cc1-c1ccccc1)C(C)(C)CCC3(C)C. The Kier molecular flexibility index (Phi) is 10.7. The fourth-order valence-corrected chi connectivity index (χ4v) is 16.6. The van der Waals surface area contributed by atoms with E-state index in [9.17, 15) is 0 Å². The fraction of sp³-hybridized carbons (Fsp3) is 0.367. The molecule has 8 aromatic carbocycles. The van der Waals surface area contributed by atoms with Crippen molar-refractivity contribution in [2.24, 2.45) is 0 Å². The second-order valence-corrected chi connectivity index (χ2v) is 30.6. The third-order valence-electron chi connectivity index (χ3n) is 22.2. The first-order chi connectivity index (χ1) is 41.1. The number of hydrogen-bond donors (Lipinski definition) is 0. The van der Waals surface area contributed by atoms with Gasteiger partial charge in [0.15, 0.2) is 0 Å². The summed E-state index contributed by atoms with van der Waals surface area (Å²) < 4.78 is 35.4. The molecule has 4 nitrogen and oxygen atoms in total. The highest BCUT2D eigenvalue weighted by Gasteiger charge is 2.52. The van der Waals surface area contributed by atoms with E-state index < -0.39 is 6.85 Å². The molecule has 0 atom stereocenters. The van der Waals surface area contributed by atoms with Gasteiger partial charge in [-0.1, -0.05) is 175 Å². The monoisotopic (exact) mass is 1100 g/mol. The van der Waals surface area contributed by atoms with Crippen molar-refractivity contribution in [3.63, 3.8) is 0 Å². The third-order valence-corrected chi connectivity index (χ3v) is 22.2. The molecule has 0 spiro atoms. The maximum absolute atomic E-state index is 9.15. The number of furan rings is 1. The molecule has 84 heavy (non-hydrogen) atoms. The van der Waals surface area contributed by atoms with Crippen LogP contribution in [0.4, 0.5) is 51.2 Å². The molecule has 0 saturated heterocycles. The zero-order chi connectivity index (χ0) is 60.9. The number of para-hydroxylation sites is 2. The Morgan fingerprint density at radius 2 is 1.06 bits per heavy atom. The molecule has 9 aromatic rings. The first-order valence-electron chi connectivity index (χ1n) is 33.0. The van der Waals surface area contributed by atoms with Crippen LogP contribution in [0.5, 0.6) is 0 Å². The molecule has 2 bridgehead atoms. The number of fused-ring (bicyclic) bond motifs is 10. The van der Waals surface area contributed by atoms with Gasteiger partial charge in [0, 0.05) is 49.2 Å². The summed E-state index contributed by atoms with van der Waals surface area (Å²) in [7, 11) is 0. The number of benzene rings is 8. The quantitative estimate of drug-likeness (QED) is 0.155. The van der Waals surface area contributed by atoms with Crippen molar-refractivity contribution in [1.82, 2.24) is 0 Å². The Hall–Kier alpha value is -7.24. The van der Waals surface area contributed by atoms with Gasteiger partial charge >= 0.3 is 0 Å². The van der Waals surface area contributed by atoms with E-state index >= 15 is 0 Å². The molecular formula is C79H84BN3O. The fourth-order valence-electron chi connectivity index (χ4n) is 16.6. The smallest absolute Gasteiger partial charge is 0.297 e. The lowest BCUT2D eigenvalue weighted by Gasteiger charge is -2.52. The van der Waals surface area contributed by atoms with Crippen molar-refractivity contribution in [1.29, 1.82) is 0 Å². The van der Waals surface area contributed by atoms with Crippen LogP contribution in [0.15, 0.2) is 162 Å². The molecule has 1 saturated carbocycles. The molecular weight excluding hydrogens is 1020 g/mol. The van der Waals surface area contributed by atoms with Crippen LogP contribution in [-0.4, -0.2) is 6.71 Å². The molecule has 7 aliphatic rings. The summed E-state index contributed by atoms with van der Waals surface area (Å²) in [6.45, 7) is 28.8. The van der Waals surface area contributed by atoms with Crippen molar-refractivity contribution in [2.45, 2.75) is 186 Å². The molecule has 1 fully saturated rings. The van der Waals surface area contributed by atoms with Gasteiger partial charge in [-0.2, -0.15) is 0 Å². The first-order valence-corrected chi connectivity index (χ1v) is 31.5. The van der Waals surface area contributed by atoms with Crippen molar-refractivity contribution in [2.75, 3.05) is 14.7 Å². The average molecular weight is 1110 g/mol. The predicted molar refractivity (Wildman–Crippen MR) is 358 cm³/mol. The van der Waals surface area contributed by atoms with Gasteiger partial charge in [-0.25, -0.2) is 0 Å². The van der Waals surface area contributed by atoms with E-state index in [4.69, 9.17) is 8.53 Å². The highest BCUT2D eigenvalue weighted by molar-refractivity contribution is 7.00. The van der Waals surface area contributed by atoms with Crippen molar-refractivity contribution < 1.29 is 8.53 Å². The highest BCUT2D eigenvalue weighted by atomic mass is 16.3. The van der Waals surface area contributed by atoms with Gasteiger partial charge in [0.2, 0.25) is 0 Å². The molecule has 0 unspecified atom stereocenters. The van der Waals surface area contributed by atoms with Gasteiger partial charge in [-0.15, -0.1) is 0 Å². The molecule has 3 heterocycles. The van der Waals surface area contributed by atoms with Crippen molar-refractivity contribution in [3.05, 3.63) is 202 Å². The third kappa shape index (κ3) is 7.84. The van der Waals surface area contributed by atoms with E-state index in [0.717, 1.165) is 98.9 Å². The summed E-state index contributed by atoms with van der Waals surface area (Å²) >= 11 is 0. The van der Waals surface area contributed by atoms with Gasteiger partial charge < -0.3 is 19.1 Å². The van der Waals surface area contributed by atoms with E-state index in [1.165, 1.54) is 75.6 Å². The normalized spacial score (nSPS) is 22.4.